The molecule has 0 spiro atoms. The van der Waals surface area contributed by atoms with Crippen LogP contribution in [0, 0.1) is 5.92 Å². The predicted molar refractivity (Wildman–Crippen MR) is 292 cm³/mol. The summed E-state index contributed by atoms with van der Waals surface area (Å²) in [5.41, 5.74) is 7.73. The van der Waals surface area contributed by atoms with Crippen molar-refractivity contribution in [3.8, 4) is 0 Å². The molecule has 0 radical (unpaired) electrons. The van der Waals surface area contributed by atoms with Crippen molar-refractivity contribution in [3.05, 3.63) is 66.5 Å². The molecule has 8 aliphatic rings. The number of aliphatic hydroxyl groups is 2. The second kappa shape index (κ2) is 32.0. The number of carbonyl (C=O) groups excluding carboxylic acids is 4. The van der Waals surface area contributed by atoms with Gasteiger partial charge in [-0.15, -0.1) is 0 Å². The molecule has 18 heteroatoms. The van der Waals surface area contributed by atoms with E-state index in [2.05, 4.69) is 52.5 Å². The first-order valence-corrected chi connectivity index (χ1v) is 29.9. The lowest BCUT2D eigenvalue weighted by molar-refractivity contribution is -0.138. The van der Waals surface area contributed by atoms with E-state index in [0.717, 1.165) is 159 Å². The lowest BCUT2D eigenvalue weighted by Crippen LogP contribution is -2.40. The number of cyclic esters (lactones) is 1. The highest BCUT2D eigenvalue weighted by Gasteiger charge is 2.38. The molecule has 4 N–H and O–H groups in total. The largest absolute Gasteiger partial charge is 0.466 e. The topological polar surface area (TPSA) is 154 Å². The summed E-state index contributed by atoms with van der Waals surface area (Å²) in [4.78, 5) is 51.4. The molecule has 4 saturated carbocycles. The van der Waals surface area contributed by atoms with Crippen molar-refractivity contribution >= 4 is 94.7 Å². The number of esters is 1. The first kappa shape index (κ1) is 60.9. The van der Waals surface area contributed by atoms with Crippen LogP contribution in [-0.2, 0) is 35.7 Å². The third kappa shape index (κ3) is 20.6. The Morgan fingerprint density at radius 1 is 0.583 bits per heavy atom. The van der Waals surface area contributed by atoms with Gasteiger partial charge in [0.1, 0.15) is 12.3 Å². The highest BCUT2D eigenvalue weighted by molar-refractivity contribution is 9.10. The number of amides is 3. The molecule has 1 atom stereocenters. The molecule has 0 aromatic heterocycles. The van der Waals surface area contributed by atoms with Crippen molar-refractivity contribution in [1.82, 2.24) is 14.7 Å². The van der Waals surface area contributed by atoms with E-state index in [4.69, 9.17) is 34.0 Å². The predicted octanol–water partition coefficient (Wildman–Crippen LogP) is 12.1. The van der Waals surface area contributed by atoms with Crippen LogP contribution in [0.15, 0.2) is 45.3 Å². The molecule has 0 bridgehead atoms. The number of carbonyl (C=O) groups is 4. The van der Waals surface area contributed by atoms with E-state index in [-0.39, 0.29) is 42.0 Å². The summed E-state index contributed by atoms with van der Waals surface area (Å²) in [6, 6.07) is 13.0. The Bertz CT molecular complexity index is 1940. The second-order valence-corrected chi connectivity index (χ2v) is 23.6. The number of rotatable bonds is 6. The van der Waals surface area contributed by atoms with Crippen LogP contribution in [0.3, 0.4) is 0 Å². The van der Waals surface area contributed by atoms with Gasteiger partial charge in [0, 0.05) is 93.3 Å². The molecule has 4 saturated heterocycles. The maximum atomic E-state index is 13.3. The molecule has 4 aliphatic carbocycles. The molecular weight excluding hydrogens is 1170 g/mol. The Balaban J connectivity index is 0.000000169. The van der Waals surface area contributed by atoms with E-state index in [0.29, 0.717) is 80.6 Å². The number of nitrogens with zero attached hydrogens (tertiary/aromatic N) is 3. The zero-order valence-corrected chi connectivity index (χ0v) is 47.9. The van der Waals surface area contributed by atoms with Gasteiger partial charge in [0.2, 0.25) is 17.7 Å². The lowest BCUT2D eigenvalue weighted by Gasteiger charge is -2.32. The summed E-state index contributed by atoms with van der Waals surface area (Å²) in [6.45, 7) is 3.29. The summed E-state index contributed by atoms with van der Waals surface area (Å²) >= 11 is 22.2. The number of halogens is 7. The minimum absolute atomic E-state index is 0.0155. The van der Waals surface area contributed by atoms with E-state index in [9.17, 15) is 33.1 Å². The second-order valence-electron chi connectivity index (χ2n) is 20.4. The van der Waals surface area contributed by atoms with E-state index >= 15 is 0 Å². The van der Waals surface area contributed by atoms with Crippen LogP contribution in [0.1, 0.15) is 159 Å². The number of hydrogen-bond acceptors (Lipinski definition) is 8. The molecule has 404 valence electrons. The number of benzene rings is 2. The van der Waals surface area contributed by atoms with Gasteiger partial charge in [0.15, 0.2) is 0 Å². The first-order chi connectivity index (χ1) is 34.5. The molecule has 2 aromatic rings. The SMILES string of the molecule is Clc1cc(Br)ccc1CBr.NC1CCC(O)CC1.O=C1C(Cc2ccc(Br)cc2Cl)CCN1C1CCC(F)CC1.O=C1CCCN1C1CCC(F)CC1.O=C1CCCN1C1CCC(O)CC1.O=C1CCCO1. The van der Waals surface area contributed by atoms with Gasteiger partial charge in [-0.05, 0) is 170 Å². The lowest BCUT2D eigenvalue weighted by atomic mass is 9.92. The fraction of sp³-hybridized carbons (Fsp3) is 0.704. The molecule has 3 amide bonds. The zero-order valence-electron chi connectivity index (χ0n) is 41.7. The molecule has 8 fully saturated rings. The van der Waals surface area contributed by atoms with Crippen LogP contribution in [0.4, 0.5) is 8.78 Å². The van der Waals surface area contributed by atoms with Crippen molar-refractivity contribution in [2.24, 2.45) is 11.7 Å². The van der Waals surface area contributed by atoms with Crippen LogP contribution in [-0.4, -0.2) is 124 Å². The van der Waals surface area contributed by atoms with Gasteiger partial charge >= 0.3 is 5.97 Å². The van der Waals surface area contributed by atoms with Gasteiger partial charge in [0.25, 0.3) is 0 Å². The fourth-order valence-electron chi connectivity index (χ4n) is 10.6. The summed E-state index contributed by atoms with van der Waals surface area (Å²) in [7, 11) is 0. The van der Waals surface area contributed by atoms with Crippen molar-refractivity contribution in [1.29, 1.82) is 0 Å². The van der Waals surface area contributed by atoms with Crippen molar-refractivity contribution < 1.29 is 42.9 Å². The van der Waals surface area contributed by atoms with E-state index < -0.39 is 12.3 Å². The molecular formula is C54H77Br3Cl2F2N4O7. The van der Waals surface area contributed by atoms with Gasteiger partial charge in [-0.3, -0.25) is 19.2 Å². The summed E-state index contributed by atoms with van der Waals surface area (Å²) < 4.78 is 32.6. The Hall–Kier alpha value is -1.92. The van der Waals surface area contributed by atoms with Gasteiger partial charge in [-0.25, -0.2) is 8.78 Å². The number of nitrogens with two attached hydrogens (primary N) is 1. The fourth-order valence-corrected chi connectivity index (χ4v) is 12.8. The Morgan fingerprint density at radius 2 is 1.03 bits per heavy atom. The van der Waals surface area contributed by atoms with Crippen LogP contribution in [0.2, 0.25) is 10.0 Å². The highest BCUT2D eigenvalue weighted by atomic mass is 79.9. The van der Waals surface area contributed by atoms with Crippen molar-refractivity contribution in [2.75, 3.05) is 26.2 Å². The van der Waals surface area contributed by atoms with E-state index in [1.807, 2.05) is 51.1 Å². The first-order valence-electron chi connectivity index (χ1n) is 26.4. The Kier molecular flexibility index (Phi) is 27.1. The van der Waals surface area contributed by atoms with Crippen molar-refractivity contribution in [3.63, 3.8) is 0 Å². The molecule has 4 aliphatic heterocycles. The third-order valence-corrected chi connectivity index (χ3v) is 17.3. The number of aliphatic hydroxyl groups excluding tert-OH is 2. The Labute approximate surface area is 461 Å². The minimum Gasteiger partial charge on any atom is -0.466 e. The van der Waals surface area contributed by atoms with Gasteiger partial charge < -0.3 is 35.4 Å². The smallest absolute Gasteiger partial charge is 0.305 e. The van der Waals surface area contributed by atoms with Crippen LogP contribution in [0.5, 0.6) is 0 Å². The quantitative estimate of drug-likeness (QED) is 0.191. The molecule has 1 unspecified atom stereocenters. The third-order valence-electron chi connectivity index (χ3n) is 15.0. The summed E-state index contributed by atoms with van der Waals surface area (Å²) in [5, 5.41) is 20.6. The van der Waals surface area contributed by atoms with E-state index in [1.165, 1.54) is 0 Å². The van der Waals surface area contributed by atoms with Crippen molar-refractivity contribution in [2.45, 2.75) is 208 Å². The van der Waals surface area contributed by atoms with Crippen LogP contribution < -0.4 is 5.73 Å². The monoisotopic (exact) mass is 1240 g/mol. The zero-order chi connectivity index (χ0) is 52.2. The molecule has 72 heavy (non-hydrogen) atoms. The maximum absolute atomic E-state index is 13.3. The molecule has 10 rings (SSSR count). The van der Waals surface area contributed by atoms with Gasteiger partial charge in [0.05, 0.1) is 18.8 Å². The molecule has 4 heterocycles. The normalized spacial score (nSPS) is 29.2. The molecule has 2 aromatic carbocycles. The minimum atomic E-state index is -0.675. The van der Waals surface area contributed by atoms with Crippen LogP contribution >= 0.6 is 71.0 Å². The van der Waals surface area contributed by atoms with Gasteiger partial charge in [-0.2, -0.15) is 0 Å². The van der Waals surface area contributed by atoms with E-state index in [1.54, 1.807) is 0 Å². The van der Waals surface area contributed by atoms with Gasteiger partial charge in [-0.1, -0.05) is 83.1 Å². The van der Waals surface area contributed by atoms with Crippen LogP contribution in [0.25, 0.3) is 0 Å². The average molecular weight is 1240 g/mol. The standard InChI is InChI=1S/C17H20BrClFNO.C10H16FNO.C10H17NO2.C7H5Br2Cl.C6H13NO.C4H6O2/c18-13-2-1-11(16(19)10-13)9-12-7-8-21(17(12)22)15-5-3-14(20)4-6-15;11-8-3-5-9(6-4-8)12-7-1-2-10(12)13;12-9-5-3-8(4-6-9)11-7-1-2-10(11)13;8-4-5-1-2-6(9)3-7(5)10;7-5-1-3-6(8)4-2-5;5-4-2-1-3-6-4/h1-2,10,12,14-15H,3-9H2;8-9H,1-7H2;8-9,12H,1-7H2;1-3H,4H2;5-6,8H,1-4,7H2;1-3H2. The Morgan fingerprint density at radius 3 is 1.40 bits per heavy atom. The number of likely N-dealkylation sites (tertiary alicyclic amines) is 3. The summed E-state index contributed by atoms with van der Waals surface area (Å²) in [6.07, 6.45) is 18.5. The summed E-state index contributed by atoms with van der Waals surface area (Å²) in [5.74, 6) is 0.793. The number of hydrogen-bond donors (Lipinski definition) is 3. The average Bonchev–Trinajstić information content (AvgIpc) is 4.20. The highest BCUT2D eigenvalue weighted by Crippen LogP contribution is 2.34. The molecule has 11 nitrogen and oxygen atoms in total. The number of alkyl halides is 3. The maximum Gasteiger partial charge on any atom is 0.305 e. The number of ether oxygens (including phenoxy) is 1.